The van der Waals surface area contributed by atoms with E-state index in [0.717, 1.165) is 19.3 Å². The van der Waals surface area contributed by atoms with E-state index in [9.17, 15) is 4.79 Å². The smallest absolute Gasteiger partial charge is 0.320 e. The maximum absolute atomic E-state index is 11.1. The van der Waals surface area contributed by atoms with Gasteiger partial charge in [-0.15, -0.1) is 0 Å². The van der Waals surface area contributed by atoms with Crippen LogP contribution in [0.5, 0.6) is 0 Å². The number of carbonyl (C=O) groups is 1. The summed E-state index contributed by atoms with van der Waals surface area (Å²) >= 11 is 0. The highest BCUT2D eigenvalue weighted by Gasteiger charge is 2.17. The second kappa shape index (κ2) is 7.95. The Kier molecular flexibility index (Phi) is 6.57. The van der Waals surface area contributed by atoms with Gasteiger partial charge >= 0.3 is 5.97 Å². The van der Waals surface area contributed by atoms with E-state index in [4.69, 9.17) is 5.11 Å². The Hall–Kier alpha value is -1.35. The second-order valence-corrected chi connectivity index (χ2v) is 5.27. The van der Waals surface area contributed by atoms with E-state index in [1.165, 1.54) is 11.1 Å². The third kappa shape index (κ3) is 5.88. The fraction of sp³-hybridized carbons (Fsp3) is 0.562. The summed E-state index contributed by atoms with van der Waals surface area (Å²) in [5.74, 6) is -0.746. The first-order chi connectivity index (χ1) is 9.02. The number of hydrogen-bond acceptors (Lipinski definition) is 2. The Morgan fingerprint density at radius 3 is 2.42 bits per heavy atom. The fourth-order valence-corrected chi connectivity index (χ4v) is 2.13. The fourth-order valence-electron chi connectivity index (χ4n) is 2.13. The lowest BCUT2D eigenvalue weighted by Gasteiger charge is -2.19. The Bertz CT molecular complexity index is 386. The summed E-state index contributed by atoms with van der Waals surface area (Å²) in [4.78, 5) is 11.1. The van der Waals surface area contributed by atoms with E-state index in [0.29, 0.717) is 6.42 Å². The van der Waals surface area contributed by atoms with Crippen LogP contribution in [-0.2, 0) is 11.2 Å². The summed E-state index contributed by atoms with van der Waals surface area (Å²) in [6.07, 6.45) is 3.50. The van der Waals surface area contributed by atoms with Crippen LogP contribution in [0.2, 0.25) is 0 Å². The van der Waals surface area contributed by atoms with E-state index >= 15 is 0 Å². The molecule has 0 heterocycles. The molecule has 0 fully saturated rings. The van der Waals surface area contributed by atoms with Gasteiger partial charge in [-0.05, 0) is 38.7 Å². The third-order valence-corrected chi connectivity index (χ3v) is 3.35. The zero-order valence-corrected chi connectivity index (χ0v) is 12.1. The van der Waals surface area contributed by atoms with E-state index in [1.54, 1.807) is 0 Å². The molecule has 0 saturated heterocycles. The number of hydrogen-bond donors (Lipinski definition) is 2. The summed E-state index contributed by atoms with van der Waals surface area (Å²) in [5.41, 5.74) is 2.57. The summed E-state index contributed by atoms with van der Waals surface area (Å²) in [7, 11) is 0. The standard InChI is InChI=1S/C16H25NO2/c1-4-5-15(16(18)19)17-13(3)8-11-14-9-6-12(2)7-10-14/h6-7,9-10,13,15,17H,4-5,8,11H2,1-3H3,(H,18,19). The average Bonchev–Trinajstić information content (AvgIpc) is 2.37. The van der Waals surface area contributed by atoms with E-state index in [-0.39, 0.29) is 6.04 Å². The topological polar surface area (TPSA) is 49.3 Å². The lowest BCUT2D eigenvalue weighted by Crippen LogP contribution is -2.42. The van der Waals surface area contributed by atoms with Gasteiger partial charge in [0.15, 0.2) is 0 Å². The van der Waals surface area contributed by atoms with E-state index in [1.807, 2.05) is 6.92 Å². The zero-order valence-electron chi connectivity index (χ0n) is 12.1. The SMILES string of the molecule is CCCC(NC(C)CCc1ccc(C)cc1)C(=O)O. The highest BCUT2D eigenvalue weighted by atomic mass is 16.4. The molecule has 0 bridgehead atoms. The molecule has 0 aliphatic rings. The van der Waals surface area contributed by atoms with Crippen LogP contribution in [-0.4, -0.2) is 23.2 Å². The minimum atomic E-state index is -0.746. The molecule has 0 radical (unpaired) electrons. The zero-order chi connectivity index (χ0) is 14.3. The molecule has 1 aromatic rings. The largest absolute Gasteiger partial charge is 0.480 e. The summed E-state index contributed by atoms with van der Waals surface area (Å²) in [6.45, 7) is 6.14. The predicted molar refractivity (Wildman–Crippen MR) is 78.4 cm³/mol. The van der Waals surface area contributed by atoms with Crippen LogP contribution in [0.15, 0.2) is 24.3 Å². The molecule has 2 atom stereocenters. The third-order valence-electron chi connectivity index (χ3n) is 3.35. The van der Waals surface area contributed by atoms with Crippen molar-refractivity contribution < 1.29 is 9.90 Å². The Labute approximate surface area is 116 Å². The van der Waals surface area contributed by atoms with Crippen molar-refractivity contribution in [1.29, 1.82) is 0 Å². The normalized spacial score (nSPS) is 14.1. The van der Waals surface area contributed by atoms with Crippen molar-refractivity contribution in [3.05, 3.63) is 35.4 Å². The molecular formula is C16H25NO2. The van der Waals surface area contributed by atoms with Crippen molar-refractivity contribution in [3.63, 3.8) is 0 Å². The van der Waals surface area contributed by atoms with Crippen molar-refractivity contribution in [2.45, 2.75) is 58.5 Å². The van der Waals surface area contributed by atoms with Gasteiger partial charge in [0.05, 0.1) is 0 Å². The minimum absolute atomic E-state index is 0.217. The molecule has 106 valence electrons. The van der Waals surface area contributed by atoms with Crippen molar-refractivity contribution in [1.82, 2.24) is 5.32 Å². The molecule has 1 aromatic carbocycles. The van der Waals surface area contributed by atoms with Crippen LogP contribution in [0.3, 0.4) is 0 Å². The predicted octanol–water partition coefficient (Wildman–Crippen LogP) is 3.16. The van der Waals surface area contributed by atoms with E-state index in [2.05, 4.69) is 43.4 Å². The molecule has 0 amide bonds. The highest BCUT2D eigenvalue weighted by molar-refractivity contribution is 5.73. The van der Waals surface area contributed by atoms with Crippen LogP contribution < -0.4 is 5.32 Å². The van der Waals surface area contributed by atoms with Crippen molar-refractivity contribution in [2.75, 3.05) is 0 Å². The van der Waals surface area contributed by atoms with Crippen LogP contribution in [0.4, 0.5) is 0 Å². The van der Waals surface area contributed by atoms with Crippen LogP contribution in [0.25, 0.3) is 0 Å². The Morgan fingerprint density at radius 1 is 1.26 bits per heavy atom. The Balaban J connectivity index is 2.39. The summed E-state index contributed by atoms with van der Waals surface area (Å²) in [6, 6.07) is 8.31. The van der Waals surface area contributed by atoms with Gasteiger partial charge in [-0.3, -0.25) is 4.79 Å². The lowest BCUT2D eigenvalue weighted by atomic mass is 10.0. The van der Waals surface area contributed by atoms with Gasteiger partial charge in [0.25, 0.3) is 0 Å². The van der Waals surface area contributed by atoms with Crippen molar-refractivity contribution in [2.24, 2.45) is 0 Å². The van der Waals surface area contributed by atoms with Gasteiger partial charge < -0.3 is 10.4 Å². The van der Waals surface area contributed by atoms with Gasteiger partial charge in [0.1, 0.15) is 6.04 Å². The van der Waals surface area contributed by atoms with Crippen molar-refractivity contribution in [3.8, 4) is 0 Å². The lowest BCUT2D eigenvalue weighted by molar-refractivity contribution is -0.139. The quantitative estimate of drug-likeness (QED) is 0.757. The van der Waals surface area contributed by atoms with E-state index < -0.39 is 12.0 Å². The van der Waals surface area contributed by atoms with Gasteiger partial charge in [-0.25, -0.2) is 0 Å². The monoisotopic (exact) mass is 263 g/mol. The molecule has 2 unspecified atom stereocenters. The van der Waals surface area contributed by atoms with Gasteiger partial charge in [-0.1, -0.05) is 43.2 Å². The summed E-state index contributed by atoms with van der Waals surface area (Å²) < 4.78 is 0. The summed E-state index contributed by atoms with van der Waals surface area (Å²) in [5, 5.41) is 12.3. The molecule has 2 N–H and O–H groups in total. The molecule has 0 aromatic heterocycles. The molecule has 3 heteroatoms. The number of carboxylic acid groups (broad SMARTS) is 1. The van der Waals surface area contributed by atoms with Gasteiger partial charge in [0, 0.05) is 6.04 Å². The number of aliphatic carboxylic acids is 1. The number of benzene rings is 1. The molecule has 0 saturated carbocycles. The minimum Gasteiger partial charge on any atom is -0.480 e. The molecule has 0 spiro atoms. The molecule has 3 nitrogen and oxygen atoms in total. The molecule has 1 rings (SSSR count). The number of carboxylic acids is 1. The Morgan fingerprint density at radius 2 is 1.89 bits per heavy atom. The van der Waals surface area contributed by atoms with Crippen molar-refractivity contribution >= 4 is 5.97 Å². The maximum Gasteiger partial charge on any atom is 0.320 e. The molecule has 19 heavy (non-hydrogen) atoms. The molecule has 0 aliphatic carbocycles. The van der Waals surface area contributed by atoms with Crippen LogP contribution in [0.1, 0.15) is 44.2 Å². The average molecular weight is 263 g/mol. The first-order valence-corrected chi connectivity index (χ1v) is 7.07. The van der Waals surface area contributed by atoms with Crippen LogP contribution >= 0.6 is 0 Å². The van der Waals surface area contributed by atoms with Gasteiger partial charge in [0.2, 0.25) is 0 Å². The van der Waals surface area contributed by atoms with Crippen LogP contribution in [0, 0.1) is 6.92 Å². The van der Waals surface area contributed by atoms with Gasteiger partial charge in [-0.2, -0.15) is 0 Å². The second-order valence-electron chi connectivity index (χ2n) is 5.27. The maximum atomic E-state index is 11.1. The number of nitrogens with one attached hydrogen (secondary N) is 1. The molecular weight excluding hydrogens is 238 g/mol. The first-order valence-electron chi connectivity index (χ1n) is 7.07. The highest BCUT2D eigenvalue weighted by Crippen LogP contribution is 2.08. The first kappa shape index (κ1) is 15.7. The molecule has 0 aliphatic heterocycles. The number of aryl methyl sites for hydroxylation is 2. The number of rotatable bonds is 8.